The summed E-state index contributed by atoms with van der Waals surface area (Å²) in [6.45, 7) is 6.20. The summed E-state index contributed by atoms with van der Waals surface area (Å²) >= 11 is 0. The fraction of sp³-hybridized carbons (Fsp3) is 0.320. The first-order chi connectivity index (χ1) is 15.0. The van der Waals surface area contributed by atoms with Crippen LogP contribution in [0.25, 0.3) is 0 Å². The van der Waals surface area contributed by atoms with E-state index in [2.05, 4.69) is 39.8 Å². The van der Waals surface area contributed by atoms with Crippen LogP contribution in [0.1, 0.15) is 37.9 Å². The molecule has 0 aliphatic heterocycles. The van der Waals surface area contributed by atoms with Crippen molar-refractivity contribution in [3.05, 3.63) is 78.0 Å². The summed E-state index contributed by atoms with van der Waals surface area (Å²) in [6.07, 6.45) is 2.66. The van der Waals surface area contributed by atoms with Crippen molar-refractivity contribution in [2.24, 2.45) is 0 Å². The zero-order valence-corrected chi connectivity index (χ0v) is 18.4. The molecule has 2 aromatic carbocycles. The minimum absolute atomic E-state index is 0.111. The Morgan fingerprint density at radius 2 is 1.65 bits per heavy atom. The molecule has 0 saturated carbocycles. The highest BCUT2D eigenvalue weighted by Gasteiger charge is 2.20. The predicted molar refractivity (Wildman–Crippen MR) is 127 cm³/mol. The van der Waals surface area contributed by atoms with E-state index >= 15 is 0 Å². The van der Waals surface area contributed by atoms with Crippen LogP contribution in [0.2, 0.25) is 0 Å². The highest BCUT2D eigenvalue weighted by molar-refractivity contribution is 5.96. The Balaban J connectivity index is 1.80. The number of carbonyl (C=O) groups is 1. The van der Waals surface area contributed by atoms with Crippen molar-refractivity contribution in [2.45, 2.75) is 52.1 Å². The van der Waals surface area contributed by atoms with Crippen molar-refractivity contribution in [3.63, 3.8) is 0 Å². The summed E-state index contributed by atoms with van der Waals surface area (Å²) < 4.78 is 0. The highest BCUT2D eigenvalue weighted by Crippen LogP contribution is 2.16. The molecular formula is C25H31N5O. The second-order valence-electron chi connectivity index (χ2n) is 7.79. The van der Waals surface area contributed by atoms with Crippen LogP contribution >= 0.6 is 0 Å². The molecule has 6 nitrogen and oxygen atoms in total. The summed E-state index contributed by atoms with van der Waals surface area (Å²) in [4.78, 5) is 22.2. The Labute approximate surface area is 184 Å². The molecule has 1 heterocycles. The van der Waals surface area contributed by atoms with Crippen molar-refractivity contribution in [2.75, 3.05) is 16.0 Å². The number of hydrogen-bond acceptors (Lipinski definition) is 5. The summed E-state index contributed by atoms with van der Waals surface area (Å²) in [7, 11) is 0. The lowest BCUT2D eigenvalue weighted by Gasteiger charge is -2.20. The number of carbonyl (C=O) groups excluding carboxylic acids is 1. The summed E-state index contributed by atoms with van der Waals surface area (Å²) in [5.74, 6) is 1.09. The number of anilines is 3. The Morgan fingerprint density at radius 3 is 2.32 bits per heavy atom. The van der Waals surface area contributed by atoms with E-state index in [-0.39, 0.29) is 11.9 Å². The average Bonchev–Trinajstić information content (AvgIpc) is 2.74. The van der Waals surface area contributed by atoms with Gasteiger partial charge in [-0.15, -0.1) is 0 Å². The molecule has 162 valence electrons. The first kappa shape index (κ1) is 22.3. The van der Waals surface area contributed by atoms with Gasteiger partial charge in [-0.05, 0) is 38.0 Å². The van der Waals surface area contributed by atoms with Gasteiger partial charge < -0.3 is 16.0 Å². The third kappa shape index (κ3) is 7.10. The molecule has 2 atom stereocenters. The van der Waals surface area contributed by atoms with Gasteiger partial charge in [-0.3, -0.25) is 4.79 Å². The first-order valence-electron chi connectivity index (χ1n) is 10.8. The Kier molecular flexibility index (Phi) is 7.98. The van der Waals surface area contributed by atoms with Crippen LogP contribution in [0.3, 0.4) is 0 Å². The van der Waals surface area contributed by atoms with Gasteiger partial charge in [-0.2, -0.15) is 4.98 Å². The van der Waals surface area contributed by atoms with E-state index in [0.717, 1.165) is 29.8 Å². The van der Waals surface area contributed by atoms with Crippen LogP contribution in [0, 0.1) is 6.92 Å². The number of aryl methyl sites for hydroxylation is 1. The quantitative estimate of drug-likeness (QED) is 0.430. The van der Waals surface area contributed by atoms with Crippen molar-refractivity contribution in [1.29, 1.82) is 0 Å². The molecule has 0 fully saturated rings. The molecule has 3 rings (SSSR count). The molecule has 0 bridgehead atoms. The van der Waals surface area contributed by atoms with Gasteiger partial charge in [0.15, 0.2) is 0 Å². The van der Waals surface area contributed by atoms with Crippen LogP contribution in [0.4, 0.5) is 17.5 Å². The number of para-hydroxylation sites is 1. The van der Waals surface area contributed by atoms with E-state index in [1.807, 2.05) is 73.7 Å². The van der Waals surface area contributed by atoms with Gasteiger partial charge in [0, 0.05) is 29.9 Å². The molecule has 31 heavy (non-hydrogen) atoms. The molecule has 1 unspecified atom stereocenters. The lowest BCUT2D eigenvalue weighted by molar-refractivity contribution is -0.116. The van der Waals surface area contributed by atoms with E-state index in [1.54, 1.807) is 0 Å². The third-order valence-corrected chi connectivity index (χ3v) is 4.91. The van der Waals surface area contributed by atoms with Crippen LogP contribution < -0.4 is 16.0 Å². The molecule has 0 aliphatic carbocycles. The second kappa shape index (κ2) is 11.1. The molecule has 3 aromatic rings. The topological polar surface area (TPSA) is 78.9 Å². The van der Waals surface area contributed by atoms with Gasteiger partial charge in [0.1, 0.15) is 11.9 Å². The molecule has 6 heteroatoms. The van der Waals surface area contributed by atoms with Crippen molar-refractivity contribution in [1.82, 2.24) is 9.97 Å². The monoisotopic (exact) mass is 417 g/mol. The smallest absolute Gasteiger partial charge is 0.247 e. The molecule has 1 amide bonds. The standard InChI is InChI=1S/C25H31N5O/c1-4-11-18(2)26-25-27-19(3)16-23(30-25)29-22(17-20-12-7-5-8-13-20)24(31)28-21-14-9-6-10-15-21/h5-10,12-16,18,22H,4,11,17H2,1-3H3,(H,28,31)(H2,26,27,29,30)/t18?,22-/m0/s1. The number of aromatic nitrogens is 2. The lowest BCUT2D eigenvalue weighted by atomic mass is 10.0. The maximum absolute atomic E-state index is 13.1. The SMILES string of the molecule is CCCC(C)Nc1nc(C)cc(N[C@@H](Cc2ccccc2)C(=O)Nc2ccccc2)n1. The van der Waals surface area contributed by atoms with Gasteiger partial charge in [0.2, 0.25) is 11.9 Å². The van der Waals surface area contributed by atoms with E-state index in [9.17, 15) is 4.79 Å². The summed E-state index contributed by atoms with van der Waals surface area (Å²) in [5, 5.41) is 9.68. The first-order valence-corrected chi connectivity index (χ1v) is 10.8. The maximum atomic E-state index is 13.1. The predicted octanol–water partition coefficient (Wildman–Crippen LogP) is 5.05. The fourth-order valence-corrected chi connectivity index (χ4v) is 3.42. The minimum Gasteiger partial charge on any atom is -0.358 e. The van der Waals surface area contributed by atoms with Crippen molar-refractivity contribution >= 4 is 23.4 Å². The maximum Gasteiger partial charge on any atom is 0.247 e. The van der Waals surface area contributed by atoms with Gasteiger partial charge in [0.25, 0.3) is 0 Å². The zero-order valence-electron chi connectivity index (χ0n) is 18.4. The van der Waals surface area contributed by atoms with E-state index in [4.69, 9.17) is 0 Å². The van der Waals surface area contributed by atoms with Crippen LogP contribution in [-0.2, 0) is 11.2 Å². The van der Waals surface area contributed by atoms with Crippen LogP contribution in [0.15, 0.2) is 66.7 Å². The van der Waals surface area contributed by atoms with Gasteiger partial charge in [-0.1, -0.05) is 61.9 Å². The van der Waals surface area contributed by atoms with E-state index in [0.29, 0.717) is 18.2 Å². The number of rotatable bonds is 10. The number of amides is 1. The van der Waals surface area contributed by atoms with Crippen molar-refractivity contribution < 1.29 is 4.79 Å². The molecule has 0 radical (unpaired) electrons. The van der Waals surface area contributed by atoms with Gasteiger partial charge in [-0.25, -0.2) is 4.98 Å². The molecule has 0 saturated heterocycles. The highest BCUT2D eigenvalue weighted by atomic mass is 16.2. The number of benzene rings is 2. The second-order valence-corrected chi connectivity index (χ2v) is 7.79. The summed E-state index contributed by atoms with van der Waals surface area (Å²) in [5.41, 5.74) is 2.68. The molecule has 3 N–H and O–H groups in total. The molecular weight excluding hydrogens is 386 g/mol. The fourth-order valence-electron chi connectivity index (χ4n) is 3.42. The Bertz CT molecular complexity index is 962. The van der Waals surface area contributed by atoms with Gasteiger partial charge in [0.05, 0.1) is 0 Å². The molecule has 0 spiro atoms. The van der Waals surface area contributed by atoms with Crippen LogP contribution in [-0.4, -0.2) is 28.0 Å². The van der Waals surface area contributed by atoms with E-state index < -0.39 is 6.04 Å². The third-order valence-electron chi connectivity index (χ3n) is 4.91. The molecule has 0 aliphatic rings. The zero-order chi connectivity index (χ0) is 22.1. The molecule has 1 aromatic heterocycles. The van der Waals surface area contributed by atoms with Crippen molar-refractivity contribution in [3.8, 4) is 0 Å². The Hall–Kier alpha value is -3.41. The van der Waals surface area contributed by atoms with Gasteiger partial charge >= 0.3 is 0 Å². The number of nitrogens with zero attached hydrogens (tertiary/aromatic N) is 2. The number of hydrogen-bond donors (Lipinski definition) is 3. The minimum atomic E-state index is -0.488. The summed E-state index contributed by atoms with van der Waals surface area (Å²) in [6, 6.07) is 21.1. The average molecular weight is 418 g/mol. The van der Waals surface area contributed by atoms with Crippen LogP contribution in [0.5, 0.6) is 0 Å². The number of nitrogens with one attached hydrogen (secondary N) is 3. The largest absolute Gasteiger partial charge is 0.358 e. The lowest BCUT2D eigenvalue weighted by Crippen LogP contribution is -2.37. The van der Waals surface area contributed by atoms with E-state index in [1.165, 1.54) is 0 Å². The Morgan fingerprint density at radius 1 is 0.968 bits per heavy atom. The normalized spacial score (nSPS) is 12.6.